The molecule has 0 bridgehead atoms. The molecule has 0 spiro atoms. The van der Waals surface area contributed by atoms with E-state index in [0.29, 0.717) is 26.2 Å². The predicted octanol–water partition coefficient (Wildman–Crippen LogP) is 4.06. The van der Waals surface area contributed by atoms with Crippen LogP contribution >= 0.6 is 0 Å². The first-order valence-electron chi connectivity index (χ1n) is 12.2. The maximum atomic E-state index is 14.1. The van der Waals surface area contributed by atoms with Gasteiger partial charge in [-0.25, -0.2) is 9.37 Å². The fourth-order valence-electron chi connectivity index (χ4n) is 5.83. The molecule has 7 heteroatoms. The normalized spacial score (nSPS) is 20.5. The highest BCUT2D eigenvalue weighted by Gasteiger charge is 2.46. The number of amides is 2. The first-order chi connectivity index (χ1) is 16.4. The monoisotopic (exact) mass is 462 g/mol. The predicted molar refractivity (Wildman–Crippen MR) is 129 cm³/mol. The Morgan fingerprint density at radius 3 is 2.65 bits per heavy atom. The number of aromatic nitrogens is 2. The molecule has 1 saturated carbocycles. The minimum absolute atomic E-state index is 0.0271. The van der Waals surface area contributed by atoms with Crippen molar-refractivity contribution in [1.29, 1.82) is 0 Å². The number of benzene rings is 1. The number of hydrogen-bond donors (Lipinski definition) is 1. The zero-order valence-electron chi connectivity index (χ0n) is 19.6. The third-order valence-corrected chi connectivity index (χ3v) is 7.55. The maximum absolute atomic E-state index is 14.1. The number of aromatic amines is 1. The Hall–Kier alpha value is -3.22. The van der Waals surface area contributed by atoms with Crippen LogP contribution in [-0.2, 0) is 21.4 Å². The Bertz CT molecular complexity index is 1200. The van der Waals surface area contributed by atoms with Crippen molar-refractivity contribution in [2.24, 2.45) is 5.92 Å². The van der Waals surface area contributed by atoms with Gasteiger partial charge in [-0.3, -0.25) is 9.59 Å². The minimum Gasteiger partial charge on any atom is -0.346 e. The van der Waals surface area contributed by atoms with Crippen molar-refractivity contribution in [2.75, 3.05) is 26.2 Å². The van der Waals surface area contributed by atoms with Crippen molar-refractivity contribution in [3.05, 3.63) is 65.7 Å². The number of pyridine rings is 1. The third-order valence-electron chi connectivity index (χ3n) is 7.55. The van der Waals surface area contributed by atoms with Crippen molar-refractivity contribution in [2.45, 2.75) is 44.4 Å². The van der Waals surface area contributed by atoms with Crippen LogP contribution in [0.1, 0.15) is 43.7 Å². The second-order valence-electron chi connectivity index (χ2n) is 9.84. The fourth-order valence-corrected chi connectivity index (χ4v) is 5.83. The molecule has 3 heterocycles. The molecule has 1 aliphatic carbocycles. The van der Waals surface area contributed by atoms with Crippen molar-refractivity contribution >= 4 is 22.8 Å². The highest BCUT2D eigenvalue weighted by molar-refractivity contribution is 5.89. The maximum Gasteiger partial charge on any atom is 0.233 e. The average Bonchev–Trinajstić information content (AvgIpc) is 3.45. The van der Waals surface area contributed by atoms with Crippen LogP contribution in [0.4, 0.5) is 4.39 Å². The van der Waals surface area contributed by atoms with E-state index in [9.17, 15) is 14.0 Å². The van der Waals surface area contributed by atoms with Crippen molar-refractivity contribution < 1.29 is 14.0 Å². The summed E-state index contributed by atoms with van der Waals surface area (Å²) in [5.74, 6) is -0.107. The van der Waals surface area contributed by atoms with Gasteiger partial charge >= 0.3 is 0 Å². The summed E-state index contributed by atoms with van der Waals surface area (Å²) < 4.78 is 14.1. The van der Waals surface area contributed by atoms with Crippen LogP contribution in [0.15, 0.2) is 48.8 Å². The lowest BCUT2D eigenvalue weighted by atomic mass is 9.77. The summed E-state index contributed by atoms with van der Waals surface area (Å²) in [6.07, 6.45) is 7.87. The van der Waals surface area contributed by atoms with E-state index in [4.69, 9.17) is 0 Å². The topological polar surface area (TPSA) is 69.3 Å². The molecule has 3 aromatic rings. The lowest BCUT2D eigenvalue weighted by Gasteiger charge is -2.35. The number of nitrogens with one attached hydrogen (secondary N) is 1. The summed E-state index contributed by atoms with van der Waals surface area (Å²) in [5, 5.41) is 1.05. The number of carbonyl (C=O) groups excluding carboxylic acids is 2. The standard InChI is InChI=1S/C27H31FN4O2/c1-19(33)31-11-12-32(18-21(17-31)13-20-14-22-7-10-29-25(22)30-16-20)26(34)27(8-2-3-9-27)23-5-4-6-24(28)15-23/h4-7,10,14-16,21H,2-3,8-9,11-13,17-18H2,1H3,(H,29,30)/t21-/m1/s1. The molecule has 0 unspecified atom stereocenters. The van der Waals surface area contributed by atoms with Gasteiger partial charge in [0.1, 0.15) is 11.5 Å². The number of nitrogens with zero attached hydrogens (tertiary/aromatic N) is 3. The lowest BCUT2D eigenvalue weighted by Crippen LogP contribution is -2.48. The number of rotatable bonds is 4. The van der Waals surface area contributed by atoms with E-state index in [0.717, 1.165) is 54.3 Å². The van der Waals surface area contributed by atoms with Gasteiger partial charge in [0.05, 0.1) is 5.41 Å². The summed E-state index contributed by atoms with van der Waals surface area (Å²) in [6, 6.07) is 10.7. The summed E-state index contributed by atoms with van der Waals surface area (Å²) in [6.45, 7) is 3.79. The Morgan fingerprint density at radius 2 is 1.88 bits per heavy atom. The van der Waals surface area contributed by atoms with Gasteiger partial charge in [-0.2, -0.15) is 0 Å². The van der Waals surface area contributed by atoms with Gasteiger partial charge in [-0.15, -0.1) is 0 Å². The van der Waals surface area contributed by atoms with E-state index in [-0.39, 0.29) is 23.5 Å². The Labute approximate surface area is 199 Å². The zero-order valence-corrected chi connectivity index (χ0v) is 19.6. The zero-order chi connectivity index (χ0) is 23.7. The van der Waals surface area contributed by atoms with E-state index < -0.39 is 5.41 Å². The van der Waals surface area contributed by atoms with E-state index in [1.807, 2.05) is 34.3 Å². The van der Waals surface area contributed by atoms with Gasteiger partial charge in [0, 0.05) is 50.9 Å². The van der Waals surface area contributed by atoms with E-state index in [1.54, 1.807) is 13.0 Å². The van der Waals surface area contributed by atoms with Crippen molar-refractivity contribution in [3.8, 4) is 0 Å². The van der Waals surface area contributed by atoms with Crippen LogP contribution in [-0.4, -0.2) is 57.8 Å². The van der Waals surface area contributed by atoms with Gasteiger partial charge in [0.25, 0.3) is 0 Å². The van der Waals surface area contributed by atoms with Crippen LogP contribution < -0.4 is 0 Å². The van der Waals surface area contributed by atoms with Crippen molar-refractivity contribution in [1.82, 2.24) is 19.8 Å². The van der Waals surface area contributed by atoms with Crippen LogP contribution in [0, 0.1) is 11.7 Å². The third kappa shape index (κ3) is 4.31. The second-order valence-corrected chi connectivity index (χ2v) is 9.84. The molecule has 1 aromatic carbocycles. The van der Waals surface area contributed by atoms with Crippen LogP contribution in [0.25, 0.3) is 11.0 Å². The summed E-state index contributed by atoms with van der Waals surface area (Å²) in [5.41, 5.74) is 2.05. The first kappa shape index (κ1) is 22.6. The number of H-pyrrole nitrogens is 1. The number of hydrogen-bond acceptors (Lipinski definition) is 3. The van der Waals surface area contributed by atoms with Gasteiger partial charge < -0.3 is 14.8 Å². The molecule has 2 aliphatic rings. The smallest absolute Gasteiger partial charge is 0.233 e. The fraction of sp³-hybridized carbons (Fsp3) is 0.444. The van der Waals surface area contributed by atoms with Crippen LogP contribution in [0.3, 0.4) is 0 Å². The van der Waals surface area contributed by atoms with Gasteiger partial charge in [0.15, 0.2) is 0 Å². The van der Waals surface area contributed by atoms with E-state index >= 15 is 0 Å². The summed E-state index contributed by atoms with van der Waals surface area (Å²) in [4.78, 5) is 37.8. The Morgan fingerprint density at radius 1 is 1.12 bits per heavy atom. The largest absolute Gasteiger partial charge is 0.346 e. The van der Waals surface area contributed by atoms with E-state index in [2.05, 4.69) is 16.0 Å². The van der Waals surface area contributed by atoms with E-state index in [1.165, 1.54) is 12.1 Å². The molecule has 5 rings (SSSR count). The molecule has 1 N–H and O–H groups in total. The molecule has 1 aliphatic heterocycles. The molecule has 178 valence electrons. The Balaban J connectivity index is 1.42. The average molecular weight is 463 g/mol. The molecule has 0 radical (unpaired) electrons. The molecule has 34 heavy (non-hydrogen) atoms. The number of fused-ring (bicyclic) bond motifs is 1. The van der Waals surface area contributed by atoms with Gasteiger partial charge in [0.2, 0.25) is 11.8 Å². The van der Waals surface area contributed by atoms with Crippen LogP contribution in [0.5, 0.6) is 0 Å². The summed E-state index contributed by atoms with van der Waals surface area (Å²) >= 11 is 0. The molecule has 2 aromatic heterocycles. The number of carbonyl (C=O) groups is 2. The molecular weight excluding hydrogens is 431 g/mol. The molecule has 1 saturated heterocycles. The first-order valence-corrected chi connectivity index (χ1v) is 12.2. The van der Waals surface area contributed by atoms with Gasteiger partial charge in [-0.1, -0.05) is 25.0 Å². The SMILES string of the molecule is CC(=O)N1CCN(C(=O)C2(c3cccc(F)c3)CCCC2)C[C@H](Cc2cnc3[nH]ccc3c2)C1. The quantitative estimate of drug-likeness (QED) is 0.636. The number of halogens is 1. The second kappa shape index (κ2) is 9.20. The molecule has 1 atom stereocenters. The Kier molecular flexibility index (Phi) is 6.11. The highest BCUT2D eigenvalue weighted by Crippen LogP contribution is 2.43. The molecular formula is C27H31FN4O2. The molecule has 2 fully saturated rings. The molecule has 6 nitrogen and oxygen atoms in total. The van der Waals surface area contributed by atoms with Gasteiger partial charge in [-0.05, 0) is 60.6 Å². The van der Waals surface area contributed by atoms with Crippen molar-refractivity contribution in [3.63, 3.8) is 0 Å². The highest BCUT2D eigenvalue weighted by atomic mass is 19.1. The minimum atomic E-state index is -0.677. The van der Waals surface area contributed by atoms with Crippen LogP contribution in [0.2, 0.25) is 0 Å². The molecule has 2 amide bonds. The summed E-state index contributed by atoms with van der Waals surface area (Å²) in [7, 11) is 0. The lowest BCUT2D eigenvalue weighted by molar-refractivity contribution is -0.138.